The summed E-state index contributed by atoms with van der Waals surface area (Å²) in [5.74, 6) is -1.13. The predicted molar refractivity (Wildman–Crippen MR) is 100 cm³/mol. The normalized spacial score (nSPS) is 13.3. The maximum absolute atomic E-state index is 12.7. The van der Waals surface area contributed by atoms with Crippen molar-refractivity contribution in [3.05, 3.63) is 63.7 Å². The van der Waals surface area contributed by atoms with Crippen molar-refractivity contribution in [3.63, 3.8) is 0 Å². The maximum Gasteiger partial charge on any atom is 0.337 e. The third-order valence-electron chi connectivity index (χ3n) is 4.46. The second-order valence-electron chi connectivity index (χ2n) is 6.15. The van der Waals surface area contributed by atoms with Crippen molar-refractivity contribution in [2.24, 2.45) is 0 Å². The van der Waals surface area contributed by atoms with Crippen LogP contribution in [0.15, 0.2) is 42.5 Å². The van der Waals surface area contributed by atoms with Crippen LogP contribution in [0.3, 0.4) is 0 Å². The van der Waals surface area contributed by atoms with Crippen molar-refractivity contribution in [2.45, 2.75) is 12.8 Å². The van der Waals surface area contributed by atoms with Crippen LogP contribution >= 0.6 is 0 Å². The molecule has 1 saturated heterocycles. The summed E-state index contributed by atoms with van der Waals surface area (Å²) in [5, 5.41) is 13.9. The third kappa shape index (κ3) is 3.89. The van der Waals surface area contributed by atoms with E-state index >= 15 is 0 Å². The van der Waals surface area contributed by atoms with Crippen molar-refractivity contribution in [3.8, 4) is 0 Å². The van der Waals surface area contributed by atoms with Gasteiger partial charge in [0.25, 0.3) is 11.6 Å². The number of nitrogens with one attached hydrogen (secondary N) is 1. The molecule has 0 aromatic heterocycles. The number of nitrogens with zero attached hydrogens (tertiary/aromatic N) is 2. The number of anilines is 2. The predicted octanol–water partition coefficient (Wildman–Crippen LogP) is 3.23. The van der Waals surface area contributed by atoms with E-state index in [0.29, 0.717) is 11.3 Å². The molecule has 2 aromatic rings. The number of para-hydroxylation sites is 1. The standard InChI is InChI=1S/C19H19N3O5/c1-27-19(24)13-8-9-17(21-10-4-5-11-21)15(12-13)20-18(23)14-6-2-3-7-16(14)22(25)26/h2-3,6-9,12H,4-5,10-11H2,1H3,(H,20,23). The molecule has 1 amide bonds. The third-order valence-corrected chi connectivity index (χ3v) is 4.46. The van der Waals surface area contributed by atoms with Gasteiger partial charge >= 0.3 is 5.97 Å². The van der Waals surface area contributed by atoms with Gasteiger partial charge in [0.1, 0.15) is 5.56 Å². The van der Waals surface area contributed by atoms with Crippen molar-refractivity contribution in [1.29, 1.82) is 0 Å². The Balaban J connectivity index is 1.97. The summed E-state index contributed by atoms with van der Waals surface area (Å²) in [6.45, 7) is 1.68. The van der Waals surface area contributed by atoms with Gasteiger partial charge in [0.15, 0.2) is 0 Å². The molecule has 0 bridgehead atoms. The summed E-state index contributed by atoms with van der Waals surface area (Å²) in [4.78, 5) is 37.3. The van der Waals surface area contributed by atoms with Gasteiger partial charge in [0, 0.05) is 19.2 Å². The molecule has 1 fully saturated rings. The molecular weight excluding hydrogens is 350 g/mol. The van der Waals surface area contributed by atoms with E-state index in [2.05, 4.69) is 10.2 Å². The average Bonchev–Trinajstić information content (AvgIpc) is 3.21. The smallest absolute Gasteiger partial charge is 0.337 e. The fourth-order valence-corrected chi connectivity index (χ4v) is 3.13. The lowest BCUT2D eigenvalue weighted by atomic mass is 10.1. The molecule has 8 heteroatoms. The van der Waals surface area contributed by atoms with Gasteiger partial charge in [-0.3, -0.25) is 14.9 Å². The average molecular weight is 369 g/mol. The van der Waals surface area contributed by atoms with E-state index in [1.807, 2.05) is 0 Å². The molecule has 0 atom stereocenters. The van der Waals surface area contributed by atoms with Crippen LogP contribution in [-0.2, 0) is 4.74 Å². The summed E-state index contributed by atoms with van der Waals surface area (Å²) in [5.41, 5.74) is 1.16. The Morgan fingerprint density at radius 3 is 2.52 bits per heavy atom. The van der Waals surface area contributed by atoms with Crippen LogP contribution in [0.2, 0.25) is 0 Å². The lowest BCUT2D eigenvalue weighted by Gasteiger charge is -2.22. The maximum atomic E-state index is 12.7. The van der Waals surface area contributed by atoms with Crippen molar-refractivity contribution >= 4 is 28.9 Å². The number of hydrogen-bond donors (Lipinski definition) is 1. The number of carbonyl (C=O) groups is 2. The summed E-state index contributed by atoms with van der Waals surface area (Å²) >= 11 is 0. The van der Waals surface area contributed by atoms with E-state index in [9.17, 15) is 19.7 Å². The lowest BCUT2D eigenvalue weighted by Crippen LogP contribution is -2.22. The highest BCUT2D eigenvalue weighted by Gasteiger charge is 2.23. The Kier molecular flexibility index (Phi) is 5.35. The van der Waals surface area contributed by atoms with Gasteiger partial charge in [0.05, 0.1) is 29.0 Å². The fraction of sp³-hybridized carbons (Fsp3) is 0.263. The number of methoxy groups -OCH3 is 1. The van der Waals surface area contributed by atoms with E-state index < -0.39 is 16.8 Å². The Bertz CT molecular complexity index is 891. The van der Waals surface area contributed by atoms with E-state index in [1.165, 1.54) is 31.4 Å². The van der Waals surface area contributed by atoms with Gasteiger partial charge in [0.2, 0.25) is 0 Å². The zero-order chi connectivity index (χ0) is 19.4. The fourth-order valence-electron chi connectivity index (χ4n) is 3.13. The number of esters is 1. The number of hydrogen-bond acceptors (Lipinski definition) is 6. The molecule has 1 aliphatic rings. The second-order valence-corrected chi connectivity index (χ2v) is 6.15. The number of rotatable bonds is 5. The summed E-state index contributed by atoms with van der Waals surface area (Å²) in [6.07, 6.45) is 2.08. The van der Waals surface area contributed by atoms with Crippen LogP contribution in [0.1, 0.15) is 33.6 Å². The summed E-state index contributed by atoms with van der Waals surface area (Å²) in [6, 6.07) is 10.7. The first-order valence-electron chi connectivity index (χ1n) is 8.53. The van der Waals surface area contributed by atoms with Crippen LogP contribution < -0.4 is 10.2 Å². The number of carbonyl (C=O) groups excluding carboxylic acids is 2. The monoisotopic (exact) mass is 369 g/mol. The van der Waals surface area contributed by atoms with E-state index in [1.54, 1.807) is 18.2 Å². The molecule has 3 rings (SSSR count). The van der Waals surface area contributed by atoms with Crippen molar-refractivity contribution < 1.29 is 19.2 Å². The molecule has 1 N–H and O–H groups in total. The molecule has 27 heavy (non-hydrogen) atoms. The molecule has 1 aliphatic heterocycles. The van der Waals surface area contributed by atoms with Gasteiger partial charge in [-0.1, -0.05) is 12.1 Å². The minimum atomic E-state index is -0.607. The van der Waals surface area contributed by atoms with Gasteiger partial charge in [-0.2, -0.15) is 0 Å². The quantitative estimate of drug-likeness (QED) is 0.493. The van der Waals surface area contributed by atoms with Gasteiger partial charge in [-0.15, -0.1) is 0 Å². The van der Waals surface area contributed by atoms with Crippen LogP contribution in [0.4, 0.5) is 17.1 Å². The highest BCUT2D eigenvalue weighted by Crippen LogP contribution is 2.31. The molecule has 0 aliphatic carbocycles. The molecule has 0 spiro atoms. The zero-order valence-corrected chi connectivity index (χ0v) is 14.8. The number of amides is 1. The largest absolute Gasteiger partial charge is 0.465 e. The molecule has 8 nitrogen and oxygen atoms in total. The van der Waals surface area contributed by atoms with Gasteiger partial charge < -0.3 is 15.0 Å². The Labute approximate surface area is 155 Å². The van der Waals surface area contributed by atoms with E-state index in [4.69, 9.17) is 4.74 Å². The van der Waals surface area contributed by atoms with E-state index in [0.717, 1.165) is 31.6 Å². The van der Waals surface area contributed by atoms with Crippen LogP contribution in [0.5, 0.6) is 0 Å². The first-order chi connectivity index (χ1) is 13.0. The molecule has 0 unspecified atom stereocenters. The molecule has 0 radical (unpaired) electrons. The minimum absolute atomic E-state index is 0.0432. The summed E-state index contributed by atoms with van der Waals surface area (Å²) < 4.78 is 4.74. The van der Waals surface area contributed by atoms with Crippen molar-refractivity contribution in [1.82, 2.24) is 0 Å². The minimum Gasteiger partial charge on any atom is -0.465 e. The molecule has 1 heterocycles. The van der Waals surface area contributed by atoms with Gasteiger partial charge in [-0.25, -0.2) is 4.79 Å². The molecule has 140 valence electrons. The zero-order valence-electron chi connectivity index (χ0n) is 14.8. The topological polar surface area (TPSA) is 102 Å². The number of nitro groups is 1. The van der Waals surface area contributed by atoms with Crippen molar-refractivity contribution in [2.75, 3.05) is 30.4 Å². The Hall–Kier alpha value is -3.42. The highest BCUT2D eigenvalue weighted by molar-refractivity contribution is 6.09. The number of nitro benzene ring substituents is 1. The Morgan fingerprint density at radius 1 is 1.15 bits per heavy atom. The number of benzene rings is 2. The van der Waals surface area contributed by atoms with Crippen LogP contribution in [0, 0.1) is 10.1 Å². The molecular formula is C19H19N3O5. The first-order valence-corrected chi connectivity index (χ1v) is 8.53. The molecule has 2 aromatic carbocycles. The SMILES string of the molecule is COC(=O)c1ccc(N2CCCC2)c(NC(=O)c2ccccc2[N+](=O)[O-])c1. The lowest BCUT2D eigenvalue weighted by molar-refractivity contribution is -0.385. The first kappa shape index (κ1) is 18.4. The van der Waals surface area contributed by atoms with Crippen LogP contribution in [0.25, 0.3) is 0 Å². The van der Waals surface area contributed by atoms with E-state index in [-0.39, 0.29) is 11.3 Å². The molecule has 0 saturated carbocycles. The summed E-state index contributed by atoms with van der Waals surface area (Å²) in [7, 11) is 1.28. The second kappa shape index (κ2) is 7.86. The van der Waals surface area contributed by atoms with Crippen LogP contribution in [-0.4, -0.2) is 37.0 Å². The number of ether oxygens (including phenoxy) is 1. The highest BCUT2D eigenvalue weighted by atomic mass is 16.6. The van der Waals surface area contributed by atoms with Gasteiger partial charge in [-0.05, 0) is 37.1 Å². The Morgan fingerprint density at radius 2 is 1.85 bits per heavy atom.